The molecule has 0 aromatic heterocycles. The van der Waals surface area contributed by atoms with E-state index in [2.05, 4.69) is 15.9 Å². The Morgan fingerprint density at radius 2 is 1.73 bits per heavy atom. The van der Waals surface area contributed by atoms with Crippen molar-refractivity contribution in [2.24, 2.45) is 17.8 Å². The summed E-state index contributed by atoms with van der Waals surface area (Å²) in [5.74, 6) is -5.49. The standard InChI is InChI=1S/C29H23BrCl2N2O6/c1-14(35)15-5-7-17(8-6-15)34-24(37)20-10-9-19-21(22(20)25(34)38)12-28(31)26(39)33(13-30)27(40)29(28,32)23(19)16-3-2-4-18(36)11-16/h2-9,11,20-23,36H,10,12-13H2,1H3. The van der Waals surface area contributed by atoms with Gasteiger partial charge in [0.25, 0.3) is 11.8 Å². The van der Waals surface area contributed by atoms with E-state index in [1.54, 1.807) is 36.4 Å². The molecule has 40 heavy (non-hydrogen) atoms. The first-order valence-corrected chi connectivity index (χ1v) is 14.6. The summed E-state index contributed by atoms with van der Waals surface area (Å²) in [5.41, 5.74) is 1.80. The van der Waals surface area contributed by atoms with E-state index < -0.39 is 51.1 Å². The van der Waals surface area contributed by atoms with Crippen molar-refractivity contribution in [2.75, 3.05) is 10.4 Å². The van der Waals surface area contributed by atoms with E-state index in [9.17, 15) is 29.1 Å². The van der Waals surface area contributed by atoms with Crippen molar-refractivity contribution < 1.29 is 29.1 Å². The number of halogens is 3. The fourth-order valence-electron chi connectivity index (χ4n) is 6.93. The number of anilines is 1. The Hall–Kier alpha value is -3.01. The average molecular weight is 646 g/mol. The van der Waals surface area contributed by atoms with Crippen LogP contribution in [0.4, 0.5) is 5.69 Å². The smallest absolute Gasteiger partial charge is 0.254 e. The van der Waals surface area contributed by atoms with E-state index in [0.29, 0.717) is 22.4 Å². The van der Waals surface area contributed by atoms with Gasteiger partial charge < -0.3 is 5.11 Å². The van der Waals surface area contributed by atoms with Crippen LogP contribution in [0.2, 0.25) is 0 Å². The van der Waals surface area contributed by atoms with Gasteiger partial charge in [-0.3, -0.25) is 33.8 Å². The van der Waals surface area contributed by atoms with Crippen LogP contribution in [0.3, 0.4) is 0 Å². The van der Waals surface area contributed by atoms with Crippen LogP contribution in [-0.2, 0) is 19.2 Å². The van der Waals surface area contributed by atoms with Crippen molar-refractivity contribution >= 4 is 74.2 Å². The lowest BCUT2D eigenvalue weighted by atomic mass is 9.56. The molecule has 6 unspecified atom stereocenters. The van der Waals surface area contributed by atoms with Crippen LogP contribution in [0.25, 0.3) is 0 Å². The van der Waals surface area contributed by atoms with Crippen LogP contribution in [0.15, 0.2) is 60.2 Å². The number of Topliss-reactive ketones (excluding diaryl/α,β-unsaturated/α-hetero) is 1. The second-order valence-electron chi connectivity index (χ2n) is 10.7. The minimum atomic E-state index is -1.92. The number of benzene rings is 2. The Kier molecular flexibility index (Phi) is 6.29. The highest BCUT2D eigenvalue weighted by Crippen LogP contribution is 2.65. The largest absolute Gasteiger partial charge is 0.508 e. The van der Waals surface area contributed by atoms with Gasteiger partial charge in [0, 0.05) is 11.5 Å². The Balaban J connectivity index is 1.48. The summed E-state index contributed by atoms with van der Waals surface area (Å²) in [4.78, 5) is 65.0. The van der Waals surface area contributed by atoms with E-state index in [-0.39, 0.29) is 35.7 Å². The molecule has 11 heteroatoms. The molecule has 0 radical (unpaired) electrons. The minimum Gasteiger partial charge on any atom is -0.508 e. The summed E-state index contributed by atoms with van der Waals surface area (Å²) in [6.07, 6.45) is 1.94. The van der Waals surface area contributed by atoms with Gasteiger partial charge in [-0.2, -0.15) is 0 Å². The van der Waals surface area contributed by atoms with E-state index in [4.69, 9.17) is 23.2 Å². The molecule has 2 saturated heterocycles. The number of rotatable bonds is 4. The number of aromatic hydroxyl groups is 1. The molecule has 2 aromatic rings. The molecule has 6 rings (SSSR count). The highest BCUT2D eigenvalue weighted by molar-refractivity contribution is 9.09. The zero-order valence-corrected chi connectivity index (χ0v) is 24.2. The summed E-state index contributed by atoms with van der Waals surface area (Å²) in [6, 6.07) is 12.5. The van der Waals surface area contributed by atoms with E-state index in [1.165, 1.54) is 19.1 Å². The maximum atomic E-state index is 14.0. The van der Waals surface area contributed by atoms with Crippen molar-refractivity contribution in [2.45, 2.75) is 35.4 Å². The number of alkyl halides is 3. The number of carbonyl (C=O) groups is 5. The number of fused-ring (bicyclic) bond motifs is 4. The molecule has 6 atom stereocenters. The maximum absolute atomic E-state index is 14.0. The number of likely N-dealkylation sites (tertiary alicyclic amines) is 1. The van der Waals surface area contributed by atoms with Gasteiger partial charge in [0.1, 0.15) is 5.75 Å². The van der Waals surface area contributed by atoms with Crippen LogP contribution in [0.5, 0.6) is 5.75 Å². The molecular formula is C29H23BrCl2N2O6. The maximum Gasteiger partial charge on any atom is 0.254 e. The zero-order valence-electron chi connectivity index (χ0n) is 21.1. The summed E-state index contributed by atoms with van der Waals surface area (Å²) < 4.78 is 0. The topological polar surface area (TPSA) is 112 Å². The molecule has 8 nitrogen and oxygen atoms in total. The lowest BCUT2D eigenvalue weighted by molar-refractivity contribution is -0.138. The van der Waals surface area contributed by atoms with Crippen molar-refractivity contribution in [1.29, 1.82) is 0 Å². The number of phenols is 1. The van der Waals surface area contributed by atoms with Crippen LogP contribution < -0.4 is 4.90 Å². The van der Waals surface area contributed by atoms with Crippen molar-refractivity contribution in [3.05, 3.63) is 71.3 Å². The first-order chi connectivity index (χ1) is 19.0. The number of phenolic OH excluding ortho intramolecular Hbond substituents is 1. The predicted molar refractivity (Wildman–Crippen MR) is 150 cm³/mol. The minimum absolute atomic E-state index is 0.0595. The number of hydrogen-bond acceptors (Lipinski definition) is 6. The van der Waals surface area contributed by atoms with Gasteiger partial charge in [-0.15, -0.1) is 23.2 Å². The number of ketones is 1. The molecule has 3 fully saturated rings. The lowest BCUT2D eigenvalue weighted by Crippen LogP contribution is -2.60. The Morgan fingerprint density at radius 3 is 2.35 bits per heavy atom. The molecule has 1 saturated carbocycles. The molecule has 2 aromatic carbocycles. The molecule has 2 aliphatic carbocycles. The first kappa shape index (κ1) is 27.2. The van der Waals surface area contributed by atoms with Crippen molar-refractivity contribution in [1.82, 2.24) is 4.90 Å². The predicted octanol–water partition coefficient (Wildman–Crippen LogP) is 4.51. The van der Waals surface area contributed by atoms with Crippen LogP contribution >= 0.6 is 39.1 Å². The number of amides is 4. The molecule has 2 heterocycles. The third-order valence-corrected chi connectivity index (χ3v) is 10.7. The zero-order chi connectivity index (χ0) is 28.7. The number of imide groups is 2. The van der Waals surface area contributed by atoms with E-state index in [0.717, 1.165) is 9.80 Å². The quantitative estimate of drug-likeness (QED) is 0.172. The van der Waals surface area contributed by atoms with Crippen molar-refractivity contribution in [3.63, 3.8) is 0 Å². The number of carbonyl (C=O) groups excluding carboxylic acids is 5. The van der Waals surface area contributed by atoms with Gasteiger partial charge in [0.2, 0.25) is 11.8 Å². The monoisotopic (exact) mass is 644 g/mol. The summed E-state index contributed by atoms with van der Waals surface area (Å²) in [6.45, 7) is 1.43. The van der Waals surface area contributed by atoms with Crippen LogP contribution in [0.1, 0.15) is 41.6 Å². The SMILES string of the molecule is CC(=O)c1ccc(N2C(=O)C3CC=C4C(CC5(Cl)C(=O)N(CBr)C(=O)C5(Cl)C4c4cccc(O)c4)C3C2=O)cc1. The fourth-order valence-corrected chi connectivity index (χ4v) is 8.36. The number of hydrogen-bond donors (Lipinski definition) is 1. The van der Waals surface area contributed by atoms with Gasteiger partial charge in [0.15, 0.2) is 15.5 Å². The summed E-state index contributed by atoms with van der Waals surface area (Å²) in [7, 11) is 0. The lowest BCUT2D eigenvalue weighted by Gasteiger charge is -2.50. The molecule has 0 bridgehead atoms. The summed E-state index contributed by atoms with van der Waals surface area (Å²) >= 11 is 17.5. The Bertz CT molecular complexity index is 1540. The van der Waals surface area contributed by atoms with Gasteiger partial charge in [-0.05, 0) is 67.6 Å². The van der Waals surface area contributed by atoms with Gasteiger partial charge >= 0.3 is 0 Å². The van der Waals surface area contributed by atoms with Gasteiger partial charge in [-0.25, -0.2) is 0 Å². The second-order valence-corrected chi connectivity index (χ2v) is 12.4. The Labute approximate surface area is 248 Å². The molecule has 206 valence electrons. The highest BCUT2D eigenvalue weighted by atomic mass is 79.9. The molecule has 4 aliphatic rings. The molecule has 1 N–H and O–H groups in total. The molecule has 0 spiro atoms. The average Bonchev–Trinajstić information content (AvgIpc) is 3.26. The normalized spacial score (nSPS) is 33.0. The highest BCUT2D eigenvalue weighted by Gasteiger charge is 2.76. The van der Waals surface area contributed by atoms with Gasteiger partial charge in [-0.1, -0.05) is 39.7 Å². The van der Waals surface area contributed by atoms with E-state index in [1.807, 2.05) is 6.08 Å². The molecule has 4 amide bonds. The fraction of sp³-hybridized carbons (Fsp3) is 0.345. The number of nitrogens with zero attached hydrogens (tertiary/aromatic N) is 2. The van der Waals surface area contributed by atoms with E-state index >= 15 is 0 Å². The number of allylic oxidation sites excluding steroid dienone is 2. The second kappa shape index (κ2) is 9.26. The first-order valence-electron chi connectivity index (χ1n) is 12.7. The molecular weight excluding hydrogens is 623 g/mol. The Morgan fingerprint density at radius 1 is 1.02 bits per heavy atom. The van der Waals surface area contributed by atoms with Crippen LogP contribution in [-0.4, -0.2) is 54.6 Å². The molecule has 2 aliphatic heterocycles. The van der Waals surface area contributed by atoms with Crippen molar-refractivity contribution in [3.8, 4) is 5.75 Å². The van der Waals surface area contributed by atoms with Crippen LogP contribution in [0, 0.1) is 17.8 Å². The van der Waals surface area contributed by atoms with Gasteiger partial charge in [0.05, 0.1) is 23.0 Å². The summed E-state index contributed by atoms with van der Waals surface area (Å²) in [5, 5.41) is 10.3. The third kappa shape index (κ3) is 3.47. The third-order valence-electron chi connectivity index (χ3n) is 8.75.